The second kappa shape index (κ2) is 4.08. The molecule has 1 aliphatic heterocycles. The number of hydrogen-bond acceptors (Lipinski definition) is 5. The lowest BCUT2D eigenvalue weighted by atomic mass is 10.2. The van der Waals surface area contributed by atoms with E-state index in [0.717, 1.165) is 12.8 Å². The summed E-state index contributed by atoms with van der Waals surface area (Å²) in [6.07, 6.45) is 4.82. The van der Waals surface area contributed by atoms with Gasteiger partial charge in [-0.25, -0.2) is 5.43 Å². The van der Waals surface area contributed by atoms with E-state index in [2.05, 4.69) is 15.6 Å². The Morgan fingerprint density at radius 2 is 2.06 bits per heavy atom. The molecule has 1 saturated heterocycles. The van der Waals surface area contributed by atoms with Crippen molar-refractivity contribution in [3.63, 3.8) is 0 Å². The maximum Gasteiger partial charge on any atom is 0.266 e. The summed E-state index contributed by atoms with van der Waals surface area (Å²) in [5.74, 6) is 0.0409. The van der Waals surface area contributed by atoms with Crippen LogP contribution in [0, 0.1) is 0 Å². The zero-order valence-electron chi connectivity index (χ0n) is 9.50. The van der Waals surface area contributed by atoms with Gasteiger partial charge in [0, 0.05) is 6.54 Å². The van der Waals surface area contributed by atoms with E-state index in [1.165, 1.54) is 4.80 Å². The van der Waals surface area contributed by atoms with E-state index in [1.807, 2.05) is 0 Å². The summed E-state index contributed by atoms with van der Waals surface area (Å²) in [6.45, 7) is 2.44. The molecular formula is C10H15N5O2. The quantitative estimate of drug-likeness (QED) is 0.724. The van der Waals surface area contributed by atoms with E-state index in [4.69, 9.17) is 4.74 Å². The molecule has 1 aromatic rings. The molecule has 0 spiro atoms. The molecule has 1 aliphatic carbocycles. The third-order valence-electron chi connectivity index (χ3n) is 3.18. The average Bonchev–Trinajstić information content (AvgIpc) is 3.06. The van der Waals surface area contributed by atoms with Crippen molar-refractivity contribution in [1.29, 1.82) is 0 Å². The normalized spacial score (nSPS) is 23.2. The Bertz CT molecular complexity index is 393. The lowest BCUT2D eigenvalue weighted by Crippen LogP contribution is -2.50. The van der Waals surface area contributed by atoms with Crippen LogP contribution in [-0.4, -0.2) is 52.2 Å². The van der Waals surface area contributed by atoms with E-state index in [1.54, 1.807) is 17.4 Å². The van der Waals surface area contributed by atoms with E-state index < -0.39 is 5.54 Å². The number of hydrazine groups is 1. The fourth-order valence-electron chi connectivity index (χ4n) is 2.07. The largest absolute Gasteiger partial charge is 0.378 e. The van der Waals surface area contributed by atoms with Crippen molar-refractivity contribution in [1.82, 2.24) is 25.4 Å². The molecule has 2 heterocycles. The molecule has 2 aliphatic rings. The maximum atomic E-state index is 12.4. The van der Waals surface area contributed by atoms with Gasteiger partial charge in [0.15, 0.2) is 5.54 Å². The van der Waals surface area contributed by atoms with Crippen molar-refractivity contribution in [3.05, 3.63) is 12.4 Å². The summed E-state index contributed by atoms with van der Waals surface area (Å²) in [5, 5.41) is 9.82. The summed E-state index contributed by atoms with van der Waals surface area (Å²) < 4.78 is 5.30. The van der Waals surface area contributed by atoms with Gasteiger partial charge in [0.2, 0.25) is 0 Å². The minimum absolute atomic E-state index is 0.0409. The number of carbonyl (C=O) groups is 1. The van der Waals surface area contributed by atoms with Gasteiger partial charge in [-0.2, -0.15) is 15.0 Å². The first kappa shape index (κ1) is 10.7. The number of carbonyl (C=O) groups excluding carboxylic acids is 1. The zero-order valence-corrected chi connectivity index (χ0v) is 9.50. The molecule has 92 valence electrons. The SMILES string of the molecule is O=C(N1CCOCCN1)C1(n2nccn2)CC1. The Morgan fingerprint density at radius 1 is 1.29 bits per heavy atom. The first-order chi connectivity index (χ1) is 8.33. The number of ether oxygens (including phenoxy) is 1. The predicted molar refractivity (Wildman–Crippen MR) is 57.8 cm³/mol. The highest BCUT2D eigenvalue weighted by atomic mass is 16.5. The number of nitrogens with one attached hydrogen (secondary N) is 1. The Balaban J connectivity index is 1.77. The van der Waals surface area contributed by atoms with Gasteiger partial charge in [-0.15, -0.1) is 0 Å². The Kier molecular flexibility index (Phi) is 2.56. The minimum Gasteiger partial charge on any atom is -0.378 e. The molecule has 3 rings (SSSR count). The molecule has 0 radical (unpaired) electrons. The van der Waals surface area contributed by atoms with Crippen LogP contribution in [-0.2, 0) is 15.1 Å². The minimum atomic E-state index is -0.555. The molecule has 1 N–H and O–H groups in total. The van der Waals surface area contributed by atoms with E-state index in [9.17, 15) is 4.79 Å². The third-order valence-corrected chi connectivity index (χ3v) is 3.18. The van der Waals surface area contributed by atoms with Crippen molar-refractivity contribution in [2.45, 2.75) is 18.4 Å². The van der Waals surface area contributed by atoms with Gasteiger partial charge in [-0.05, 0) is 12.8 Å². The average molecular weight is 237 g/mol. The van der Waals surface area contributed by atoms with E-state index in [-0.39, 0.29) is 5.91 Å². The molecule has 0 unspecified atom stereocenters. The summed E-state index contributed by atoms with van der Waals surface area (Å²) in [5.41, 5.74) is 2.52. The van der Waals surface area contributed by atoms with Crippen molar-refractivity contribution in [3.8, 4) is 0 Å². The monoisotopic (exact) mass is 237 g/mol. The zero-order chi connectivity index (χ0) is 11.7. The lowest BCUT2D eigenvalue weighted by molar-refractivity contribution is -0.140. The molecule has 0 bridgehead atoms. The smallest absolute Gasteiger partial charge is 0.266 e. The maximum absolute atomic E-state index is 12.4. The van der Waals surface area contributed by atoms with E-state index >= 15 is 0 Å². The van der Waals surface area contributed by atoms with Crippen LogP contribution in [0.3, 0.4) is 0 Å². The number of hydrogen-bond donors (Lipinski definition) is 1. The molecule has 7 heteroatoms. The van der Waals surface area contributed by atoms with Crippen molar-refractivity contribution < 1.29 is 9.53 Å². The molecule has 7 nitrogen and oxygen atoms in total. The highest BCUT2D eigenvalue weighted by Crippen LogP contribution is 2.43. The Morgan fingerprint density at radius 3 is 2.76 bits per heavy atom. The van der Waals surface area contributed by atoms with Gasteiger partial charge in [0.1, 0.15) is 0 Å². The molecule has 0 atom stereocenters. The van der Waals surface area contributed by atoms with Gasteiger partial charge < -0.3 is 4.74 Å². The topological polar surface area (TPSA) is 72.3 Å². The van der Waals surface area contributed by atoms with Gasteiger partial charge >= 0.3 is 0 Å². The first-order valence-electron chi connectivity index (χ1n) is 5.83. The Hall–Kier alpha value is -1.47. The fourth-order valence-corrected chi connectivity index (χ4v) is 2.07. The number of amides is 1. The number of rotatable bonds is 2. The van der Waals surface area contributed by atoms with Crippen LogP contribution < -0.4 is 5.43 Å². The summed E-state index contributed by atoms with van der Waals surface area (Å²) >= 11 is 0. The lowest BCUT2D eigenvalue weighted by Gasteiger charge is -2.25. The van der Waals surface area contributed by atoms with Crippen LogP contribution >= 0.6 is 0 Å². The van der Waals surface area contributed by atoms with Crippen LogP contribution in [0.5, 0.6) is 0 Å². The van der Waals surface area contributed by atoms with Crippen molar-refractivity contribution in [2.75, 3.05) is 26.3 Å². The standard InChI is InChI=1S/C10H15N5O2/c16-9(14-6-8-17-7-5-11-14)10(1-2-10)15-12-3-4-13-15/h3-4,11H,1-2,5-8H2. The van der Waals surface area contributed by atoms with Crippen LogP contribution in [0.15, 0.2) is 12.4 Å². The second-order valence-corrected chi connectivity index (χ2v) is 4.33. The van der Waals surface area contributed by atoms with Crippen LogP contribution in [0.4, 0.5) is 0 Å². The fraction of sp³-hybridized carbons (Fsp3) is 0.700. The number of aromatic nitrogens is 3. The second-order valence-electron chi connectivity index (χ2n) is 4.33. The molecule has 1 amide bonds. The molecular weight excluding hydrogens is 222 g/mol. The Labute approximate surface area is 98.7 Å². The van der Waals surface area contributed by atoms with Gasteiger partial charge in [-0.3, -0.25) is 9.80 Å². The van der Waals surface area contributed by atoms with Gasteiger partial charge in [0.05, 0.1) is 32.2 Å². The molecule has 0 aromatic carbocycles. The first-order valence-corrected chi connectivity index (χ1v) is 5.83. The van der Waals surface area contributed by atoms with Crippen molar-refractivity contribution >= 4 is 5.91 Å². The van der Waals surface area contributed by atoms with Crippen LogP contribution in [0.1, 0.15) is 12.8 Å². The summed E-state index contributed by atoms with van der Waals surface area (Å²) in [7, 11) is 0. The molecule has 2 fully saturated rings. The summed E-state index contributed by atoms with van der Waals surface area (Å²) in [6, 6.07) is 0. The van der Waals surface area contributed by atoms with Crippen molar-refractivity contribution in [2.24, 2.45) is 0 Å². The van der Waals surface area contributed by atoms with Crippen LogP contribution in [0.25, 0.3) is 0 Å². The number of nitrogens with zero attached hydrogens (tertiary/aromatic N) is 4. The highest BCUT2D eigenvalue weighted by molar-refractivity contribution is 5.86. The van der Waals surface area contributed by atoms with Gasteiger partial charge in [-0.1, -0.05) is 0 Å². The van der Waals surface area contributed by atoms with Gasteiger partial charge in [0.25, 0.3) is 5.91 Å². The third kappa shape index (κ3) is 1.81. The predicted octanol–water partition coefficient (Wildman–Crippen LogP) is -0.869. The van der Waals surface area contributed by atoms with Crippen LogP contribution in [0.2, 0.25) is 0 Å². The molecule has 1 aromatic heterocycles. The molecule has 1 saturated carbocycles. The highest BCUT2D eigenvalue weighted by Gasteiger charge is 2.55. The molecule has 17 heavy (non-hydrogen) atoms. The summed E-state index contributed by atoms with van der Waals surface area (Å²) in [4.78, 5) is 14.0. The van der Waals surface area contributed by atoms with E-state index in [0.29, 0.717) is 26.3 Å².